The molecule has 1 aromatic rings. The number of nitrogens with zero attached hydrogens (tertiary/aromatic N) is 2. The van der Waals surface area contributed by atoms with Gasteiger partial charge in [0.1, 0.15) is 10.2 Å². The Labute approximate surface area is 151 Å². The number of hydrogen-bond donors (Lipinski definition) is 0. The van der Waals surface area contributed by atoms with Crippen LogP contribution in [0.25, 0.3) is 0 Å². The minimum absolute atomic E-state index is 0.0181. The summed E-state index contributed by atoms with van der Waals surface area (Å²) in [6.45, 7) is 6.43. The van der Waals surface area contributed by atoms with Crippen LogP contribution >= 0.6 is 15.9 Å². The highest BCUT2D eigenvalue weighted by Gasteiger charge is 2.31. The second-order valence-corrected chi connectivity index (χ2v) is 9.81. The van der Waals surface area contributed by atoms with Gasteiger partial charge in [-0.1, -0.05) is 6.07 Å². The van der Waals surface area contributed by atoms with Crippen molar-refractivity contribution >= 4 is 31.9 Å². The number of pyridine rings is 1. The number of hydrogen-bond acceptors (Lipinski definition) is 5. The first-order valence-corrected chi connectivity index (χ1v) is 10.3. The summed E-state index contributed by atoms with van der Waals surface area (Å²) in [7, 11) is -3.49. The fraction of sp³-hybridized carbons (Fsp3) is 0.625. The average Bonchev–Trinajstić information content (AvgIpc) is 2.45. The number of sulfone groups is 1. The summed E-state index contributed by atoms with van der Waals surface area (Å²) in [5, 5.41) is 0.0614. The van der Waals surface area contributed by atoms with Gasteiger partial charge in [-0.2, -0.15) is 0 Å². The van der Waals surface area contributed by atoms with Gasteiger partial charge >= 0.3 is 6.09 Å². The van der Waals surface area contributed by atoms with E-state index < -0.39 is 15.4 Å². The summed E-state index contributed by atoms with van der Waals surface area (Å²) in [5.41, 5.74) is -0.559. The van der Waals surface area contributed by atoms with Crippen LogP contribution in [0.15, 0.2) is 27.8 Å². The zero-order valence-electron chi connectivity index (χ0n) is 14.2. The Hall–Kier alpha value is -1.15. The van der Waals surface area contributed by atoms with E-state index in [2.05, 4.69) is 20.9 Å². The molecule has 0 spiro atoms. The molecule has 1 aromatic heterocycles. The molecule has 2 heterocycles. The fourth-order valence-corrected chi connectivity index (χ4v) is 4.70. The van der Waals surface area contributed by atoms with Crippen LogP contribution in [0.5, 0.6) is 0 Å². The van der Waals surface area contributed by atoms with E-state index in [1.165, 1.54) is 6.07 Å². The van der Waals surface area contributed by atoms with E-state index in [1.807, 2.05) is 20.8 Å². The molecule has 1 atom stereocenters. The number of rotatable bonds is 3. The monoisotopic (exact) mass is 418 g/mol. The van der Waals surface area contributed by atoms with Gasteiger partial charge in [0.05, 0.1) is 5.75 Å². The van der Waals surface area contributed by atoms with E-state index in [4.69, 9.17) is 4.74 Å². The average molecular weight is 419 g/mol. The Morgan fingerprint density at radius 2 is 2.12 bits per heavy atom. The second-order valence-electron chi connectivity index (χ2n) is 7.01. The predicted octanol–water partition coefficient (Wildman–Crippen LogP) is 3.26. The van der Waals surface area contributed by atoms with Crippen LogP contribution in [0, 0.1) is 5.92 Å². The van der Waals surface area contributed by atoms with Gasteiger partial charge in [-0.3, -0.25) is 0 Å². The van der Waals surface area contributed by atoms with Crippen LogP contribution in [0.1, 0.15) is 33.6 Å². The first kappa shape index (κ1) is 19.2. The van der Waals surface area contributed by atoms with Crippen molar-refractivity contribution in [2.45, 2.75) is 44.2 Å². The molecule has 1 amide bonds. The predicted molar refractivity (Wildman–Crippen MR) is 94.5 cm³/mol. The van der Waals surface area contributed by atoms with Crippen molar-refractivity contribution in [1.29, 1.82) is 0 Å². The minimum atomic E-state index is -3.49. The Balaban J connectivity index is 2.03. The van der Waals surface area contributed by atoms with Crippen LogP contribution < -0.4 is 0 Å². The lowest BCUT2D eigenvalue weighted by Crippen LogP contribution is -2.44. The molecule has 0 aliphatic carbocycles. The lowest BCUT2D eigenvalue weighted by molar-refractivity contribution is 0.0176. The first-order chi connectivity index (χ1) is 11.1. The molecule has 1 saturated heterocycles. The summed E-state index contributed by atoms with van der Waals surface area (Å²) < 4.78 is 30.9. The number of carbonyl (C=O) groups excluding carboxylic acids is 1. The molecule has 1 fully saturated rings. The van der Waals surface area contributed by atoms with E-state index >= 15 is 0 Å². The molecule has 0 N–H and O–H groups in total. The van der Waals surface area contributed by atoms with Crippen LogP contribution in [0.4, 0.5) is 4.79 Å². The quantitative estimate of drug-likeness (QED) is 0.703. The van der Waals surface area contributed by atoms with Crippen molar-refractivity contribution < 1.29 is 17.9 Å². The lowest BCUT2D eigenvalue weighted by atomic mass is 10.0. The van der Waals surface area contributed by atoms with Crippen LogP contribution in [-0.4, -0.2) is 48.8 Å². The Kier molecular flexibility index (Phi) is 5.91. The van der Waals surface area contributed by atoms with Crippen molar-refractivity contribution in [1.82, 2.24) is 9.88 Å². The third-order valence-corrected chi connectivity index (χ3v) is 5.85. The van der Waals surface area contributed by atoms with Crippen LogP contribution in [0.3, 0.4) is 0 Å². The number of amides is 1. The number of aromatic nitrogens is 1. The van der Waals surface area contributed by atoms with E-state index in [0.29, 0.717) is 17.7 Å². The zero-order chi connectivity index (χ0) is 18.0. The van der Waals surface area contributed by atoms with Gasteiger partial charge in [0, 0.05) is 13.1 Å². The molecule has 24 heavy (non-hydrogen) atoms. The largest absolute Gasteiger partial charge is 0.444 e. The summed E-state index contributed by atoms with van der Waals surface area (Å²) >= 11 is 3.19. The van der Waals surface area contributed by atoms with E-state index in [0.717, 1.165) is 12.8 Å². The fourth-order valence-electron chi connectivity index (χ4n) is 2.65. The maximum atomic E-state index is 12.5. The minimum Gasteiger partial charge on any atom is -0.444 e. The summed E-state index contributed by atoms with van der Waals surface area (Å²) in [6.07, 6.45) is 1.16. The summed E-state index contributed by atoms with van der Waals surface area (Å²) in [5.74, 6) is -0.132. The van der Waals surface area contributed by atoms with Crippen molar-refractivity contribution in [2.24, 2.45) is 5.92 Å². The van der Waals surface area contributed by atoms with Gasteiger partial charge in [-0.05, 0) is 67.6 Å². The SMILES string of the molecule is CC(C)(C)OC(=O)N1CCCC(CS(=O)(=O)c2cccc(Br)n2)C1. The van der Waals surface area contributed by atoms with E-state index in [-0.39, 0.29) is 22.8 Å². The molecular formula is C16H23BrN2O4S. The van der Waals surface area contributed by atoms with Gasteiger partial charge in [0.2, 0.25) is 0 Å². The Morgan fingerprint density at radius 1 is 1.42 bits per heavy atom. The van der Waals surface area contributed by atoms with Crippen LogP contribution in [0.2, 0.25) is 0 Å². The third kappa shape index (κ3) is 5.44. The summed E-state index contributed by atoms with van der Waals surface area (Å²) in [6, 6.07) is 4.83. The lowest BCUT2D eigenvalue weighted by Gasteiger charge is -2.34. The second kappa shape index (κ2) is 7.39. The molecule has 1 unspecified atom stereocenters. The van der Waals surface area contributed by atoms with Crippen LogP contribution in [-0.2, 0) is 14.6 Å². The van der Waals surface area contributed by atoms with Crippen molar-refractivity contribution in [3.8, 4) is 0 Å². The summed E-state index contributed by atoms with van der Waals surface area (Å²) in [4.78, 5) is 17.8. The topological polar surface area (TPSA) is 76.6 Å². The number of ether oxygens (including phenoxy) is 1. The molecular weight excluding hydrogens is 396 g/mol. The number of piperidine rings is 1. The Bertz CT molecular complexity index is 700. The van der Waals surface area contributed by atoms with Gasteiger partial charge in [-0.25, -0.2) is 18.2 Å². The molecule has 0 radical (unpaired) electrons. The first-order valence-electron chi connectivity index (χ1n) is 7.90. The van der Waals surface area contributed by atoms with E-state index in [1.54, 1.807) is 17.0 Å². The number of carbonyl (C=O) groups is 1. The van der Waals surface area contributed by atoms with Crippen molar-refractivity contribution in [2.75, 3.05) is 18.8 Å². The molecule has 1 aliphatic rings. The third-order valence-electron chi connectivity index (χ3n) is 3.63. The molecule has 0 aromatic carbocycles. The standard InChI is InChI=1S/C16H23BrN2O4S/c1-16(2,3)23-15(20)19-9-5-6-12(10-19)11-24(21,22)14-8-4-7-13(17)18-14/h4,7-8,12H,5-6,9-11H2,1-3H3. The van der Waals surface area contributed by atoms with Crippen molar-refractivity contribution in [3.63, 3.8) is 0 Å². The van der Waals surface area contributed by atoms with E-state index in [9.17, 15) is 13.2 Å². The number of halogens is 1. The Morgan fingerprint density at radius 3 is 2.75 bits per heavy atom. The normalized spacial score (nSPS) is 19.2. The highest BCUT2D eigenvalue weighted by Crippen LogP contribution is 2.23. The molecule has 134 valence electrons. The van der Waals surface area contributed by atoms with Crippen molar-refractivity contribution in [3.05, 3.63) is 22.8 Å². The molecule has 0 saturated carbocycles. The molecule has 0 bridgehead atoms. The smallest absolute Gasteiger partial charge is 0.410 e. The zero-order valence-corrected chi connectivity index (χ0v) is 16.6. The molecule has 1 aliphatic heterocycles. The maximum absolute atomic E-state index is 12.5. The molecule has 2 rings (SSSR count). The number of likely N-dealkylation sites (tertiary alicyclic amines) is 1. The van der Waals surface area contributed by atoms with Gasteiger partial charge in [0.15, 0.2) is 14.9 Å². The highest BCUT2D eigenvalue weighted by atomic mass is 79.9. The van der Waals surface area contributed by atoms with Gasteiger partial charge in [-0.15, -0.1) is 0 Å². The van der Waals surface area contributed by atoms with Gasteiger partial charge in [0.25, 0.3) is 0 Å². The molecule has 8 heteroatoms. The van der Waals surface area contributed by atoms with Gasteiger partial charge < -0.3 is 9.64 Å². The maximum Gasteiger partial charge on any atom is 0.410 e. The molecule has 6 nitrogen and oxygen atoms in total. The highest BCUT2D eigenvalue weighted by molar-refractivity contribution is 9.10.